The van der Waals surface area contributed by atoms with Crippen molar-refractivity contribution in [2.75, 3.05) is 11.4 Å². The van der Waals surface area contributed by atoms with Crippen LogP contribution in [-0.2, 0) is 6.54 Å². The summed E-state index contributed by atoms with van der Waals surface area (Å²) in [5.41, 5.74) is 7.05. The van der Waals surface area contributed by atoms with Gasteiger partial charge in [0.05, 0.1) is 5.54 Å². The van der Waals surface area contributed by atoms with Crippen LogP contribution in [0.3, 0.4) is 0 Å². The minimum Gasteiger partial charge on any atom is -0.363 e. The Balaban J connectivity index is 2.47. The number of nitrogens with one attached hydrogen (secondary N) is 1. The van der Waals surface area contributed by atoms with Crippen LogP contribution in [0.4, 0.5) is 5.69 Å². The van der Waals surface area contributed by atoms with E-state index in [0.717, 1.165) is 13.1 Å². The molecule has 0 unspecified atom stereocenters. The molecule has 116 valence electrons. The van der Waals surface area contributed by atoms with E-state index in [9.17, 15) is 0 Å². The molecule has 0 saturated carbocycles. The number of anilines is 1. The standard InChI is InChI=1S/C19H30N2/c1-8-21-18-9-14(4)16(12-20-13(2)3)10-17(18)15(5)11-19(21,6)7/h9-11,13,20H,8,12H2,1-7H3. The molecule has 0 bridgehead atoms. The Morgan fingerprint density at radius 1 is 1.19 bits per heavy atom. The van der Waals surface area contributed by atoms with Crippen molar-refractivity contribution in [2.45, 2.75) is 66.6 Å². The van der Waals surface area contributed by atoms with Crippen LogP contribution in [0.5, 0.6) is 0 Å². The minimum atomic E-state index is 0.0932. The van der Waals surface area contributed by atoms with E-state index >= 15 is 0 Å². The summed E-state index contributed by atoms with van der Waals surface area (Å²) in [6.07, 6.45) is 2.40. The van der Waals surface area contributed by atoms with Gasteiger partial charge in [-0.2, -0.15) is 0 Å². The van der Waals surface area contributed by atoms with Gasteiger partial charge in [-0.05, 0) is 63.5 Å². The van der Waals surface area contributed by atoms with E-state index in [-0.39, 0.29) is 5.54 Å². The van der Waals surface area contributed by atoms with Crippen molar-refractivity contribution < 1.29 is 0 Å². The second-order valence-electron chi connectivity index (χ2n) is 7.06. The molecule has 0 spiro atoms. The predicted octanol–water partition coefficient (Wildman–Crippen LogP) is 4.51. The second-order valence-corrected chi connectivity index (χ2v) is 7.06. The maximum Gasteiger partial charge on any atom is 0.0534 e. The van der Waals surface area contributed by atoms with Gasteiger partial charge in [-0.1, -0.05) is 19.9 Å². The van der Waals surface area contributed by atoms with Gasteiger partial charge in [0.2, 0.25) is 0 Å². The summed E-state index contributed by atoms with van der Waals surface area (Å²) in [5, 5.41) is 3.53. The normalized spacial score (nSPS) is 17.0. The Hall–Kier alpha value is -1.28. The average molecular weight is 286 g/mol. The summed E-state index contributed by atoms with van der Waals surface area (Å²) in [6, 6.07) is 5.27. The van der Waals surface area contributed by atoms with Gasteiger partial charge >= 0.3 is 0 Å². The molecule has 0 atom stereocenters. The molecule has 2 heteroatoms. The van der Waals surface area contributed by atoms with Crippen molar-refractivity contribution in [3.05, 3.63) is 34.9 Å². The van der Waals surface area contributed by atoms with Crippen LogP contribution in [-0.4, -0.2) is 18.1 Å². The van der Waals surface area contributed by atoms with Crippen LogP contribution in [0.2, 0.25) is 0 Å². The highest BCUT2D eigenvalue weighted by Gasteiger charge is 2.30. The van der Waals surface area contributed by atoms with Crippen molar-refractivity contribution >= 4 is 11.3 Å². The summed E-state index contributed by atoms with van der Waals surface area (Å²) in [7, 11) is 0. The van der Waals surface area contributed by atoms with Crippen LogP contribution in [0.15, 0.2) is 18.2 Å². The van der Waals surface area contributed by atoms with E-state index < -0.39 is 0 Å². The Kier molecular flexibility index (Phi) is 4.48. The van der Waals surface area contributed by atoms with Crippen LogP contribution in [0.25, 0.3) is 5.57 Å². The van der Waals surface area contributed by atoms with Gasteiger partial charge in [-0.15, -0.1) is 0 Å². The number of allylic oxidation sites excluding steroid dienone is 1. The van der Waals surface area contributed by atoms with Crippen LogP contribution in [0.1, 0.15) is 58.2 Å². The van der Waals surface area contributed by atoms with E-state index in [1.807, 2.05) is 0 Å². The molecule has 0 aromatic heterocycles. The van der Waals surface area contributed by atoms with Crippen LogP contribution >= 0.6 is 0 Å². The molecule has 1 aromatic rings. The Morgan fingerprint density at radius 2 is 1.86 bits per heavy atom. The summed E-state index contributed by atoms with van der Waals surface area (Å²) >= 11 is 0. The largest absolute Gasteiger partial charge is 0.363 e. The van der Waals surface area contributed by atoms with Crippen LogP contribution < -0.4 is 10.2 Å². The maximum atomic E-state index is 3.53. The van der Waals surface area contributed by atoms with Crippen molar-refractivity contribution in [3.63, 3.8) is 0 Å². The third-order valence-electron chi connectivity index (χ3n) is 4.45. The molecule has 1 N–H and O–H groups in total. The van der Waals surface area contributed by atoms with Crippen molar-refractivity contribution in [2.24, 2.45) is 0 Å². The van der Waals surface area contributed by atoms with Gasteiger partial charge in [0, 0.05) is 30.4 Å². The van der Waals surface area contributed by atoms with Crippen molar-refractivity contribution in [3.8, 4) is 0 Å². The number of aryl methyl sites for hydroxylation is 1. The first-order chi connectivity index (χ1) is 9.76. The molecule has 0 saturated heterocycles. The Labute approximate surface area is 130 Å². The maximum absolute atomic E-state index is 3.53. The fraction of sp³-hybridized carbons (Fsp3) is 0.579. The van der Waals surface area contributed by atoms with E-state index in [1.54, 1.807) is 0 Å². The zero-order valence-electron chi connectivity index (χ0n) is 14.7. The molecule has 0 amide bonds. The molecule has 0 fully saturated rings. The molecule has 0 aliphatic carbocycles. The summed E-state index contributed by atoms with van der Waals surface area (Å²) in [6.45, 7) is 17.7. The van der Waals surface area contributed by atoms with Gasteiger partial charge in [-0.3, -0.25) is 0 Å². The number of hydrogen-bond acceptors (Lipinski definition) is 2. The summed E-state index contributed by atoms with van der Waals surface area (Å²) < 4.78 is 0. The number of hydrogen-bond donors (Lipinski definition) is 1. The molecule has 2 nitrogen and oxygen atoms in total. The topological polar surface area (TPSA) is 15.3 Å². The van der Waals surface area contributed by atoms with E-state index in [2.05, 4.69) is 76.9 Å². The fourth-order valence-corrected chi connectivity index (χ4v) is 3.36. The lowest BCUT2D eigenvalue weighted by Crippen LogP contribution is -2.45. The van der Waals surface area contributed by atoms with E-state index in [1.165, 1.54) is 28.0 Å². The predicted molar refractivity (Wildman–Crippen MR) is 93.9 cm³/mol. The average Bonchev–Trinajstić information content (AvgIpc) is 2.36. The quantitative estimate of drug-likeness (QED) is 0.875. The smallest absolute Gasteiger partial charge is 0.0534 e. The zero-order chi connectivity index (χ0) is 15.8. The molecule has 1 aromatic carbocycles. The molecule has 1 aliphatic rings. The Bertz CT molecular complexity index is 553. The third-order valence-corrected chi connectivity index (χ3v) is 4.45. The van der Waals surface area contributed by atoms with Crippen LogP contribution in [0, 0.1) is 6.92 Å². The molecule has 1 heterocycles. The molecular weight excluding hydrogens is 256 g/mol. The highest BCUT2D eigenvalue weighted by Crippen LogP contribution is 2.40. The third kappa shape index (κ3) is 3.16. The highest BCUT2D eigenvalue weighted by atomic mass is 15.2. The second kappa shape index (κ2) is 5.84. The molecule has 0 radical (unpaired) electrons. The first-order valence-electron chi connectivity index (χ1n) is 8.10. The lowest BCUT2D eigenvalue weighted by atomic mass is 9.87. The van der Waals surface area contributed by atoms with Gasteiger partial charge in [0.1, 0.15) is 0 Å². The summed E-state index contributed by atoms with van der Waals surface area (Å²) in [4.78, 5) is 2.50. The van der Waals surface area contributed by atoms with Gasteiger partial charge in [0.15, 0.2) is 0 Å². The number of nitrogens with zero attached hydrogens (tertiary/aromatic N) is 1. The zero-order valence-corrected chi connectivity index (χ0v) is 14.7. The number of rotatable bonds is 4. The van der Waals surface area contributed by atoms with Gasteiger partial charge < -0.3 is 10.2 Å². The lowest BCUT2D eigenvalue weighted by Gasteiger charge is -2.43. The number of fused-ring (bicyclic) bond motifs is 1. The molecule has 2 rings (SSSR count). The van der Waals surface area contributed by atoms with Gasteiger partial charge in [0.25, 0.3) is 0 Å². The van der Waals surface area contributed by atoms with E-state index in [0.29, 0.717) is 6.04 Å². The van der Waals surface area contributed by atoms with Crippen molar-refractivity contribution in [1.82, 2.24) is 5.32 Å². The van der Waals surface area contributed by atoms with Gasteiger partial charge in [-0.25, -0.2) is 0 Å². The summed E-state index contributed by atoms with van der Waals surface area (Å²) in [5.74, 6) is 0. The number of likely N-dealkylation sites (N-methyl/N-ethyl adjacent to an activating group) is 1. The Morgan fingerprint density at radius 3 is 2.43 bits per heavy atom. The van der Waals surface area contributed by atoms with Crippen molar-refractivity contribution in [1.29, 1.82) is 0 Å². The fourth-order valence-electron chi connectivity index (χ4n) is 3.36. The number of benzene rings is 1. The molecule has 21 heavy (non-hydrogen) atoms. The minimum absolute atomic E-state index is 0.0932. The SMILES string of the molecule is CCN1c2cc(C)c(CNC(C)C)cc2C(C)=CC1(C)C. The lowest BCUT2D eigenvalue weighted by molar-refractivity contribution is 0.565. The first-order valence-corrected chi connectivity index (χ1v) is 8.10. The first kappa shape index (κ1) is 16.1. The van der Waals surface area contributed by atoms with E-state index in [4.69, 9.17) is 0 Å². The highest BCUT2D eigenvalue weighted by molar-refractivity contribution is 5.82. The monoisotopic (exact) mass is 286 g/mol. The molecular formula is C19H30N2. The molecule has 1 aliphatic heterocycles.